The summed E-state index contributed by atoms with van der Waals surface area (Å²) in [6, 6.07) is 3.70. The van der Waals surface area contributed by atoms with E-state index in [2.05, 4.69) is 4.98 Å². The normalized spacial score (nSPS) is 8.83. The predicted molar refractivity (Wildman–Crippen MR) is 52.2 cm³/mol. The first-order valence-corrected chi connectivity index (χ1v) is 4.04. The Hall–Kier alpha value is -0.470. The Bertz CT molecular complexity index is 230. The molecule has 0 aliphatic carbocycles. The molecule has 0 aromatic carbocycles. The first kappa shape index (κ1) is 11.5. The van der Waals surface area contributed by atoms with Crippen LogP contribution in [0.25, 0.3) is 0 Å². The first-order valence-electron chi connectivity index (χ1n) is 3.51. The van der Waals surface area contributed by atoms with E-state index in [4.69, 9.17) is 16.3 Å². The summed E-state index contributed by atoms with van der Waals surface area (Å²) in [5.74, 6) is 1.18. The van der Waals surface area contributed by atoms with E-state index in [0.29, 0.717) is 12.5 Å². The number of alkyl halides is 1. The molecule has 0 radical (unpaired) electrons. The Morgan fingerprint density at radius 1 is 1.58 bits per heavy atom. The molecule has 1 aromatic rings. The molecule has 0 unspecified atom stereocenters. The third kappa shape index (κ3) is 2.88. The highest BCUT2D eigenvalue weighted by Crippen LogP contribution is 2.16. The van der Waals surface area contributed by atoms with Gasteiger partial charge in [-0.2, -0.15) is 0 Å². The summed E-state index contributed by atoms with van der Waals surface area (Å²) in [6.45, 7) is 2.58. The summed E-state index contributed by atoms with van der Waals surface area (Å²) in [4.78, 5) is 4.06. The molecule has 2 nitrogen and oxygen atoms in total. The van der Waals surface area contributed by atoms with E-state index in [9.17, 15) is 0 Å². The molecule has 0 amide bonds. The van der Waals surface area contributed by atoms with Crippen molar-refractivity contribution in [1.82, 2.24) is 4.98 Å². The van der Waals surface area contributed by atoms with Crippen molar-refractivity contribution in [3.8, 4) is 5.75 Å². The lowest BCUT2D eigenvalue weighted by atomic mass is 10.3. The molecule has 1 rings (SSSR count). The summed E-state index contributed by atoms with van der Waals surface area (Å²) < 4.78 is 5.28. The average Bonchev–Trinajstić information content (AvgIpc) is 2.06. The standard InChI is InChI=1S/C8H10ClNO.ClH/c1-2-11-8-4-3-5-10-7(8)6-9;/h3-5H,2,6H2,1H3;1H. The summed E-state index contributed by atoms with van der Waals surface area (Å²) in [7, 11) is 0. The number of hydrogen-bond donors (Lipinski definition) is 0. The van der Waals surface area contributed by atoms with Gasteiger partial charge in [-0.3, -0.25) is 4.98 Å². The van der Waals surface area contributed by atoms with E-state index in [-0.39, 0.29) is 12.4 Å². The van der Waals surface area contributed by atoms with Crippen molar-refractivity contribution in [1.29, 1.82) is 0 Å². The zero-order valence-corrected chi connectivity index (χ0v) is 8.36. The summed E-state index contributed by atoms with van der Waals surface area (Å²) in [5.41, 5.74) is 0.802. The molecule has 0 spiro atoms. The highest BCUT2D eigenvalue weighted by molar-refractivity contribution is 6.17. The van der Waals surface area contributed by atoms with Crippen molar-refractivity contribution in [3.05, 3.63) is 24.0 Å². The van der Waals surface area contributed by atoms with E-state index in [1.54, 1.807) is 6.20 Å². The van der Waals surface area contributed by atoms with Crippen molar-refractivity contribution in [3.63, 3.8) is 0 Å². The van der Waals surface area contributed by atoms with Gasteiger partial charge in [0, 0.05) is 6.20 Å². The SMILES string of the molecule is CCOc1cccnc1CCl.Cl. The van der Waals surface area contributed by atoms with Crippen LogP contribution in [0.2, 0.25) is 0 Å². The lowest BCUT2D eigenvalue weighted by Crippen LogP contribution is -1.96. The van der Waals surface area contributed by atoms with Crippen LogP contribution in [0, 0.1) is 0 Å². The van der Waals surface area contributed by atoms with Crippen LogP contribution in [0.1, 0.15) is 12.6 Å². The predicted octanol–water partition coefficient (Wildman–Crippen LogP) is 2.64. The lowest BCUT2D eigenvalue weighted by molar-refractivity contribution is 0.336. The molecule has 0 aliphatic rings. The van der Waals surface area contributed by atoms with Crippen LogP contribution in [0.5, 0.6) is 5.75 Å². The average molecular weight is 208 g/mol. The largest absolute Gasteiger partial charge is 0.492 e. The molecule has 4 heteroatoms. The first-order chi connectivity index (χ1) is 5.38. The number of ether oxygens (including phenoxy) is 1. The molecule has 1 heterocycles. The van der Waals surface area contributed by atoms with E-state index < -0.39 is 0 Å². The Kier molecular flexibility index (Phi) is 5.85. The number of halogens is 2. The van der Waals surface area contributed by atoms with Gasteiger partial charge >= 0.3 is 0 Å². The molecule has 0 saturated carbocycles. The highest BCUT2D eigenvalue weighted by atomic mass is 35.5. The minimum Gasteiger partial charge on any atom is -0.492 e. The Balaban J connectivity index is 0.00000121. The Labute approximate surface area is 83.3 Å². The topological polar surface area (TPSA) is 22.1 Å². The van der Waals surface area contributed by atoms with Gasteiger partial charge in [-0.25, -0.2) is 0 Å². The summed E-state index contributed by atoms with van der Waals surface area (Å²) in [5, 5.41) is 0. The molecular formula is C8H11Cl2NO. The molecular weight excluding hydrogens is 197 g/mol. The zero-order valence-electron chi connectivity index (χ0n) is 6.79. The molecule has 1 aromatic heterocycles. The Morgan fingerprint density at radius 2 is 2.33 bits per heavy atom. The van der Waals surface area contributed by atoms with Gasteiger partial charge in [-0.15, -0.1) is 24.0 Å². The molecule has 68 valence electrons. The lowest BCUT2D eigenvalue weighted by Gasteiger charge is -2.05. The van der Waals surface area contributed by atoms with Gasteiger partial charge in [0.05, 0.1) is 18.2 Å². The third-order valence-corrected chi connectivity index (χ3v) is 1.53. The number of hydrogen-bond acceptors (Lipinski definition) is 2. The number of aromatic nitrogens is 1. The molecule has 0 fully saturated rings. The van der Waals surface area contributed by atoms with Crippen LogP contribution in [-0.4, -0.2) is 11.6 Å². The third-order valence-electron chi connectivity index (χ3n) is 1.27. The van der Waals surface area contributed by atoms with Crippen LogP contribution in [0.15, 0.2) is 18.3 Å². The van der Waals surface area contributed by atoms with E-state index in [1.165, 1.54) is 0 Å². The maximum Gasteiger partial charge on any atom is 0.142 e. The Morgan fingerprint density at radius 3 is 2.92 bits per heavy atom. The van der Waals surface area contributed by atoms with Crippen LogP contribution in [0.4, 0.5) is 0 Å². The smallest absolute Gasteiger partial charge is 0.142 e. The number of nitrogens with zero attached hydrogens (tertiary/aromatic N) is 1. The summed E-state index contributed by atoms with van der Waals surface area (Å²) >= 11 is 5.63. The molecule has 0 N–H and O–H groups in total. The molecule has 0 atom stereocenters. The van der Waals surface area contributed by atoms with Crippen LogP contribution >= 0.6 is 24.0 Å². The molecule has 0 bridgehead atoms. The number of rotatable bonds is 3. The van der Waals surface area contributed by atoms with Crippen molar-refractivity contribution in [2.75, 3.05) is 6.61 Å². The van der Waals surface area contributed by atoms with Gasteiger partial charge in [0.2, 0.25) is 0 Å². The maximum atomic E-state index is 5.63. The van der Waals surface area contributed by atoms with E-state index in [0.717, 1.165) is 11.4 Å². The second-order valence-electron chi connectivity index (χ2n) is 2.01. The van der Waals surface area contributed by atoms with Gasteiger partial charge in [0.1, 0.15) is 5.75 Å². The fourth-order valence-electron chi connectivity index (χ4n) is 0.811. The van der Waals surface area contributed by atoms with E-state index in [1.807, 2.05) is 19.1 Å². The fourth-order valence-corrected chi connectivity index (χ4v) is 1.01. The van der Waals surface area contributed by atoms with Crippen molar-refractivity contribution in [2.45, 2.75) is 12.8 Å². The van der Waals surface area contributed by atoms with E-state index >= 15 is 0 Å². The van der Waals surface area contributed by atoms with Gasteiger partial charge < -0.3 is 4.74 Å². The van der Waals surface area contributed by atoms with Crippen molar-refractivity contribution >= 4 is 24.0 Å². The molecule has 0 saturated heterocycles. The van der Waals surface area contributed by atoms with Gasteiger partial charge in [0.25, 0.3) is 0 Å². The molecule has 0 aliphatic heterocycles. The minimum absolute atomic E-state index is 0. The second-order valence-corrected chi connectivity index (χ2v) is 2.28. The highest BCUT2D eigenvalue weighted by Gasteiger charge is 2.00. The molecule has 12 heavy (non-hydrogen) atoms. The van der Waals surface area contributed by atoms with Crippen LogP contribution < -0.4 is 4.74 Å². The van der Waals surface area contributed by atoms with Crippen LogP contribution in [0.3, 0.4) is 0 Å². The van der Waals surface area contributed by atoms with Gasteiger partial charge in [0.15, 0.2) is 0 Å². The minimum atomic E-state index is 0. The maximum absolute atomic E-state index is 5.63. The van der Waals surface area contributed by atoms with Gasteiger partial charge in [-0.1, -0.05) is 0 Å². The van der Waals surface area contributed by atoms with Crippen LogP contribution in [-0.2, 0) is 5.88 Å². The second kappa shape index (κ2) is 6.09. The van der Waals surface area contributed by atoms with Crippen molar-refractivity contribution < 1.29 is 4.74 Å². The van der Waals surface area contributed by atoms with Gasteiger partial charge in [-0.05, 0) is 19.1 Å². The monoisotopic (exact) mass is 207 g/mol. The quantitative estimate of drug-likeness (QED) is 0.712. The summed E-state index contributed by atoms with van der Waals surface area (Å²) in [6.07, 6.45) is 1.71. The fraction of sp³-hybridized carbons (Fsp3) is 0.375. The van der Waals surface area contributed by atoms with Crippen molar-refractivity contribution in [2.24, 2.45) is 0 Å². The zero-order chi connectivity index (χ0) is 8.10. The number of pyridine rings is 1.